The van der Waals surface area contributed by atoms with E-state index in [1.807, 2.05) is 19.1 Å². The van der Waals surface area contributed by atoms with Gasteiger partial charge in [-0.2, -0.15) is 0 Å². The maximum Gasteiger partial charge on any atom is 0.00896 e. The normalized spacial score (nSPS) is 8.75. The van der Waals surface area contributed by atoms with Crippen molar-refractivity contribution in [2.24, 2.45) is 0 Å². The molecule has 0 aliphatic carbocycles. The molecule has 0 unspecified atom stereocenters. The lowest BCUT2D eigenvalue weighted by Crippen LogP contribution is -1.58. The SMILES string of the molecule is C/C=C/C#CCCC. The zero-order chi connectivity index (χ0) is 6.24. The van der Waals surface area contributed by atoms with Crippen molar-refractivity contribution >= 4 is 0 Å². The third-order valence-electron chi connectivity index (χ3n) is 0.727. The van der Waals surface area contributed by atoms with Crippen molar-refractivity contribution in [1.29, 1.82) is 0 Å². The Bertz CT molecular complexity index is 110. The molecular formula is C8H12. The summed E-state index contributed by atoms with van der Waals surface area (Å²) in [6.45, 7) is 4.10. The van der Waals surface area contributed by atoms with Crippen LogP contribution in [-0.4, -0.2) is 0 Å². The highest BCUT2D eigenvalue weighted by Gasteiger charge is 1.65. The Morgan fingerprint density at radius 2 is 2.25 bits per heavy atom. The van der Waals surface area contributed by atoms with E-state index in [2.05, 4.69) is 18.8 Å². The van der Waals surface area contributed by atoms with Gasteiger partial charge in [0.2, 0.25) is 0 Å². The standard InChI is InChI=1S/C8H12/c1-3-5-7-8-6-4-2/h3,5H,4,6H2,1-2H3/b5-3+. The van der Waals surface area contributed by atoms with E-state index in [9.17, 15) is 0 Å². The summed E-state index contributed by atoms with van der Waals surface area (Å²) in [5.74, 6) is 5.90. The molecule has 0 radical (unpaired) electrons. The molecule has 0 aromatic carbocycles. The summed E-state index contributed by atoms with van der Waals surface area (Å²) in [5, 5.41) is 0. The average Bonchev–Trinajstić information content (AvgIpc) is 1.81. The summed E-state index contributed by atoms with van der Waals surface area (Å²) in [4.78, 5) is 0. The molecule has 44 valence electrons. The van der Waals surface area contributed by atoms with Gasteiger partial charge in [-0.15, -0.1) is 0 Å². The smallest absolute Gasteiger partial charge is 0.00896 e. The lowest BCUT2D eigenvalue weighted by atomic mass is 10.3. The van der Waals surface area contributed by atoms with Crippen molar-refractivity contribution < 1.29 is 0 Å². The zero-order valence-corrected chi connectivity index (χ0v) is 5.57. The van der Waals surface area contributed by atoms with Crippen molar-refractivity contribution in [3.63, 3.8) is 0 Å². The average molecular weight is 108 g/mol. The van der Waals surface area contributed by atoms with Crippen LogP contribution in [-0.2, 0) is 0 Å². The number of hydrogen-bond acceptors (Lipinski definition) is 0. The van der Waals surface area contributed by atoms with Crippen LogP contribution in [0.2, 0.25) is 0 Å². The fourth-order valence-electron chi connectivity index (χ4n) is 0.339. The van der Waals surface area contributed by atoms with Gasteiger partial charge in [0.05, 0.1) is 0 Å². The van der Waals surface area contributed by atoms with Gasteiger partial charge in [-0.05, 0) is 19.4 Å². The van der Waals surface area contributed by atoms with E-state index in [-0.39, 0.29) is 0 Å². The Morgan fingerprint density at radius 3 is 2.75 bits per heavy atom. The maximum absolute atomic E-state index is 3.00. The highest BCUT2D eigenvalue weighted by Crippen LogP contribution is 1.80. The van der Waals surface area contributed by atoms with Crippen molar-refractivity contribution in [2.75, 3.05) is 0 Å². The predicted octanol–water partition coefficient (Wildman–Crippen LogP) is 2.37. The second kappa shape index (κ2) is 6.30. The monoisotopic (exact) mass is 108 g/mol. The summed E-state index contributed by atoms with van der Waals surface area (Å²) in [5.41, 5.74) is 0. The topological polar surface area (TPSA) is 0 Å². The molecule has 0 bridgehead atoms. The molecule has 0 amide bonds. The highest BCUT2D eigenvalue weighted by molar-refractivity contribution is 5.14. The Hall–Kier alpha value is -0.700. The molecule has 0 rings (SSSR count). The van der Waals surface area contributed by atoms with Gasteiger partial charge in [-0.3, -0.25) is 0 Å². The van der Waals surface area contributed by atoms with Crippen LogP contribution in [0.5, 0.6) is 0 Å². The second-order valence-corrected chi connectivity index (χ2v) is 1.57. The highest BCUT2D eigenvalue weighted by atomic mass is 13.7. The first-order chi connectivity index (χ1) is 3.91. The molecule has 8 heavy (non-hydrogen) atoms. The minimum Gasteiger partial charge on any atom is -0.0985 e. The molecule has 0 aliphatic rings. The molecule has 0 heteroatoms. The van der Waals surface area contributed by atoms with Gasteiger partial charge in [-0.1, -0.05) is 24.8 Å². The number of rotatable bonds is 1. The third-order valence-corrected chi connectivity index (χ3v) is 0.727. The lowest BCUT2D eigenvalue weighted by Gasteiger charge is -1.73. The summed E-state index contributed by atoms with van der Waals surface area (Å²) in [7, 11) is 0. The molecular weight excluding hydrogens is 96.1 g/mol. The van der Waals surface area contributed by atoms with Gasteiger partial charge in [0.25, 0.3) is 0 Å². The van der Waals surface area contributed by atoms with Crippen molar-refractivity contribution in [2.45, 2.75) is 26.7 Å². The van der Waals surface area contributed by atoms with E-state index in [0.29, 0.717) is 0 Å². The Balaban J connectivity index is 3.21. The number of unbranched alkanes of at least 4 members (excludes halogenated alkanes) is 1. The van der Waals surface area contributed by atoms with Gasteiger partial charge >= 0.3 is 0 Å². The summed E-state index contributed by atoms with van der Waals surface area (Å²) < 4.78 is 0. The largest absolute Gasteiger partial charge is 0.0985 e. The third kappa shape index (κ3) is 5.30. The van der Waals surface area contributed by atoms with Gasteiger partial charge < -0.3 is 0 Å². The second-order valence-electron chi connectivity index (χ2n) is 1.57. The summed E-state index contributed by atoms with van der Waals surface area (Å²) >= 11 is 0. The van der Waals surface area contributed by atoms with Crippen LogP contribution in [0.3, 0.4) is 0 Å². The Kier molecular flexibility index (Phi) is 5.75. The van der Waals surface area contributed by atoms with Crippen molar-refractivity contribution in [3.05, 3.63) is 12.2 Å². The van der Waals surface area contributed by atoms with E-state index in [1.54, 1.807) is 0 Å². The minimum atomic E-state index is 1.02. The molecule has 0 fully saturated rings. The van der Waals surface area contributed by atoms with Gasteiger partial charge in [0.1, 0.15) is 0 Å². The number of hydrogen-bond donors (Lipinski definition) is 0. The van der Waals surface area contributed by atoms with Gasteiger partial charge in [0.15, 0.2) is 0 Å². The molecule has 0 aromatic rings. The quantitative estimate of drug-likeness (QED) is 0.452. The molecule has 0 heterocycles. The molecule has 0 saturated carbocycles. The fourth-order valence-corrected chi connectivity index (χ4v) is 0.339. The van der Waals surface area contributed by atoms with Crippen molar-refractivity contribution in [3.8, 4) is 11.8 Å². The molecule has 0 aliphatic heterocycles. The zero-order valence-electron chi connectivity index (χ0n) is 5.57. The first-order valence-corrected chi connectivity index (χ1v) is 3.01. The van der Waals surface area contributed by atoms with E-state index in [0.717, 1.165) is 12.8 Å². The molecule has 0 spiro atoms. The Labute approximate surface area is 51.6 Å². The Morgan fingerprint density at radius 1 is 1.50 bits per heavy atom. The van der Waals surface area contributed by atoms with Crippen molar-refractivity contribution in [1.82, 2.24) is 0 Å². The summed E-state index contributed by atoms with van der Waals surface area (Å²) in [6, 6.07) is 0. The van der Waals surface area contributed by atoms with Crippen LogP contribution in [0, 0.1) is 11.8 Å². The van der Waals surface area contributed by atoms with Gasteiger partial charge in [0, 0.05) is 6.42 Å². The van der Waals surface area contributed by atoms with E-state index in [4.69, 9.17) is 0 Å². The molecule has 0 saturated heterocycles. The van der Waals surface area contributed by atoms with Gasteiger partial charge in [-0.25, -0.2) is 0 Å². The predicted molar refractivity (Wildman–Crippen MR) is 37.5 cm³/mol. The number of allylic oxidation sites excluding steroid dienone is 2. The minimum absolute atomic E-state index is 1.02. The molecule has 0 aromatic heterocycles. The molecule has 0 atom stereocenters. The fraction of sp³-hybridized carbons (Fsp3) is 0.500. The van der Waals surface area contributed by atoms with Crippen LogP contribution in [0.1, 0.15) is 26.7 Å². The maximum atomic E-state index is 3.00. The first-order valence-electron chi connectivity index (χ1n) is 3.01. The van der Waals surface area contributed by atoms with E-state index in [1.165, 1.54) is 0 Å². The van der Waals surface area contributed by atoms with Crippen LogP contribution in [0.15, 0.2) is 12.2 Å². The molecule has 0 nitrogen and oxygen atoms in total. The van der Waals surface area contributed by atoms with Crippen LogP contribution < -0.4 is 0 Å². The van der Waals surface area contributed by atoms with Crippen LogP contribution in [0.25, 0.3) is 0 Å². The first kappa shape index (κ1) is 7.30. The summed E-state index contributed by atoms with van der Waals surface area (Å²) in [6.07, 6.45) is 5.99. The van der Waals surface area contributed by atoms with E-state index >= 15 is 0 Å². The molecule has 0 N–H and O–H groups in total. The lowest BCUT2D eigenvalue weighted by molar-refractivity contribution is 0.983. The van der Waals surface area contributed by atoms with E-state index < -0.39 is 0 Å². The van der Waals surface area contributed by atoms with Crippen LogP contribution in [0.4, 0.5) is 0 Å². The van der Waals surface area contributed by atoms with Crippen LogP contribution >= 0.6 is 0 Å².